The number of hydrogen-bond acceptors (Lipinski definition) is 4. The molecule has 0 aliphatic carbocycles. The molecule has 3 rings (SSSR count). The molecular formula is C21H22ClN3O4. The van der Waals surface area contributed by atoms with Gasteiger partial charge in [-0.15, -0.1) is 0 Å². The molecule has 2 aromatic carbocycles. The SMILES string of the molecule is CNC(=O)C1CC(=O)N(c2ccc(OCC(=O)Nc3ccc(C)c(Cl)c3)cc2)C1. The van der Waals surface area contributed by atoms with Crippen molar-refractivity contribution in [2.45, 2.75) is 13.3 Å². The van der Waals surface area contributed by atoms with Crippen molar-refractivity contribution < 1.29 is 19.1 Å². The smallest absolute Gasteiger partial charge is 0.262 e. The summed E-state index contributed by atoms with van der Waals surface area (Å²) in [6, 6.07) is 12.1. The Labute approximate surface area is 174 Å². The topological polar surface area (TPSA) is 87.7 Å². The number of anilines is 2. The minimum Gasteiger partial charge on any atom is -0.484 e. The zero-order valence-corrected chi connectivity index (χ0v) is 17.0. The standard InChI is InChI=1S/C21H22ClN3O4/c1-13-3-4-15(10-18(13)22)24-19(26)12-29-17-7-5-16(6-8-17)25-11-14(9-20(25)27)21(28)23-2/h3-8,10,14H,9,11-12H2,1-2H3,(H,23,28)(H,24,26). The zero-order chi connectivity index (χ0) is 21.0. The van der Waals surface area contributed by atoms with Crippen LogP contribution in [0.4, 0.5) is 11.4 Å². The van der Waals surface area contributed by atoms with Crippen molar-refractivity contribution in [3.05, 3.63) is 53.1 Å². The third kappa shape index (κ3) is 5.06. The molecule has 1 atom stereocenters. The molecule has 1 heterocycles. The molecule has 2 N–H and O–H groups in total. The third-order valence-corrected chi connectivity index (χ3v) is 5.12. The number of nitrogens with zero attached hydrogens (tertiary/aromatic N) is 1. The van der Waals surface area contributed by atoms with E-state index < -0.39 is 0 Å². The molecular weight excluding hydrogens is 394 g/mol. The van der Waals surface area contributed by atoms with Crippen LogP contribution in [0, 0.1) is 12.8 Å². The van der Waals surface area contributed by atoms with Gasteiger partial charge >= 0.3 is 0 Å². The van der Waals surface area contributed by atoms with Gasteiger partial charge in [0, 0.05) is 36.4 Å². The van der Waals surface area contributed by atoms with E-state index in [9.17, 15) is 14.4 Å². The summed E-state index contributed by atoms with van der Waals surface area (Å²) in [6.45, 7) is 2.07. The van der Waals surface area contributed by atoms with Crippen molar-refractivity contribution in [1.82, 2.24) is 5.32 Å². The Kier molecular flexibility index (Phi) is 6.39. The van der Waals surface area contributed by atoms with Gasteiger partial charge in [0.25, 0.3) is 5.91 Å². The van der Waals surface area contributed by atoms with Crippen LogP contribution in [0.3, 0.4) is 0 Å². The van der Waals surface area contributed by atoms with E-state index in [-0.39, 0.29) is 36.7 Å². The monoisotopic (exact) mass is 415 g/mol. The number of nitrogens with one attached hydrogen (secondary N) is 2. The Morgan fingerprint density at radius 3 is 2.59 bits per heavy atom. The molecule has 1 saturated heterocycles. The van der Waals surface area contributed by atoms with Crippen LogP contribution in [0.1, 0.15) is 12.0 Å². The van der Waals surface area contributed by atoms with Crippen LogP contribution >= 0.6 is 11.6 Å². The Morgan fingerprint density at radius 1 is 1.21 bits per heavy atom. The number of carbonyl (C=O) groups excluding carboxylic acids is 3. The van der Waals surface area contributed by atoms with E-state index in [4.69, 9.17) is 16.3 Å². The molecule has 1 aliphatic rings. The Balaban J connectivity index is 1.54. The van der Waals surface area contributed by atoms with Gasteiger partial charge in [0.05, 0.1) is 5.92 Å². The van der Waals surface area contributed by atoms with Gasteiger partial charge in [0.15, 0.2) is 6.61 Å². The van der Waals surface area contributed by atoms with Gasteiger partial charge in [-0.3, -0.25) is 14.4 Å². The van der Waals surface area contributed by atoms with E-state index in [1.807, 2.05) is 13.0 Å². The van der Waals surface area contributed by atoms with Crippen LogP contribution in [0.5, 0.6) is 5.75 Å². The lowest BCUT2D eigenvalue weighted by Crippen LogP contribution is -2.30. The van der Waals surface area contributed by atoms with Gasteiger partial charge < -0.3 is 20.3 Å². The second kappa shape index (κ2) is 8.96. The molecule has 0 aromatic heterocycles. The first-order valence-electron chi connectivity index (χ1n) is 9.18. The van der Waals surface area contributed by atoms with E-state index in [1.54, 1.807) is 48.3 Å². The summed E-state index contributed by atoms with van der Waals surface area (Å²) in [5.74, 6) is -0.384. The first-order chi connectivity index (χ1) is 13.9. The third-order valence-electron chi connectivity index (χ3n) is 4.72. The number of aryl methyl sites for hydroxylation is 1. The van der Waals surface area contributed by atoms with E-state index in [0.29, 0.717) is 28.7 Å². The quantitative estimate of drug-likeness (QED) is 0.759. The van der Waals surface area contributed by atoms with Gasteiger partial charge in [-0.25, -0.2) is 0 Å². The van der Waals surface area contributed by atoms with Crippen molar-refractivity contribution in [3.8, 4) is 5.75 Å². The molecule has 0 radical (unpaired) electrons. The van der Waals surface area contributed by atoms with Crippen LogP contribution in [0.15, 0.2) is 42.5 Å². The highest BCUT2D eigenvalue weighted by Gasteiger charge is 2.34. The molecule has 0 saturated carbocycles. The van der Waals surface area contributed by atoms with Crippen molar-refractivity contribution in [2.24, 2.45) is 5.92 Å². The number of hydrogen-bond donors (Lipinski definition) is 2. The van der Waals surface area contributed by atoms with Gasteiger partial charge in [-0.1, -0.05) is 17.7 Å². The van der Waals surface area contributed by atoms with E-state index >= 15 is 0 Å². The highest BCUT2D eigenvalue weighted by molar-refractivity contribution is 6.31. The molecule has 2 aromatic rings. The fourth-order valence-corrected chi connectivity index (χ4v) is 3.26. The molecule has 1 aliphatic heterocycles. The second-order valence-electron chi connectivity index (χ2n) is 6.81. The summed E-state index contributed by atoms with van der Waals surface area (Å²) in [7, 11) is 1.56. The summed E-state index contributed by atoms with van der Waals surface area (Å²) in [5.41, 5.74) is 2.22. The second-order valence-corrected chi connectivity index (χ2v) is 7.22. The average molecular weight is 416 g/mol. The number of halogens is 1. The first-order valence-corrected chi connectivity index (χ1v) is 9.56. The fraction of sp³-hybridized carbons (Fsp3) is 0.286. The highest BCUT2D eigenvalue weighted by atomic mass is 35.5. The normalized spacial score (nSPS) is 15.9. The fourth-order valence-electron chi connectivity index (χ4n) is 3.08. The van der Waals surface area contributed by atoms with Crippen LogP contribution < -0.4 is 20.3 Å². The molecule has 7 nitrogen and oxygen atoms in total. The van der Waals surface area contributed by atoms with E-state index in [1.165, 1.54) is 0 Å². The molecule has 1 fully saturated rings. The predicted octanol–water partition coefficient (Wildman–Crippen LogP) is 2.76. The van der Waals surface area contributed by atoms with Crippen LogP contribution in [0.25, 0.3) is 0 Å². The van der Waals surface area contributed by atoms with E-state index in [2.05, 4.69) is 10.6 Å². The lowest BCUT2D eigenvalue weighted by Gasteiger charge is -2.17. The number of benzene rings is 2. The molecule has 3 amide bonds. The number of ether oxygens (including phenoxy) is 1. The van der Waals surface area contributed by atoms with Gasteiger partial charge in [0.2, 0.25) is 11.8 Å². The predicted molar refractivity (Wildman–Crippen MR) is 111 cm³/mol. The molecule has 0 bridgehead atoms. The van der Waals surface area contributed by atoms with Crippen LogP contribution in [0.2, 0.25) is 5.02 Å². The van der Waals surface area contributed by atoms with Crippen molar-refractivity contribution in [2.75, 3.05) is 30.4 Å². The molecule has 1 unspecified atom stereocenters. The summed E-state index contributed by atoms with van der Waals surface area (Å²) in [6.07, 6.45) is 0.196. The summed E-state index contributed by atoms with van der Waals surface area (Å²) in [5, 5.41) is 5.88. The average Bonchev–Trinajstić information content (AvgIpc) is 3.10. The largest absolute Gasteiger partial charge is 0.484 e. The highest BCUT2D eigenvalue weighted by Crippen LogP contribution is 2.27. The maximum Gasteiger partial charge on any atom is 0.262 e. The van der Waals surface area contributed by atoms with Gasteiger partial charge in [0.1, 0.15) is 5.75 Å². The Bertz CT molecular complexity index is 930. The summed E-state index contributed by atoms with van der Waals surface area (Å²) in [4.78, 5) is 37.6. The van der Waals surface area contributed by atoms with Gasteiger partial charge in [-0.2, -0.15) is 0 Å². The maximum atomic E-state index is 12.2. The minimum atomic E-state index is -0.345. The first kappa shape index (κ1) is 20.7. The summed E-state index contributed by atoms with van der Waals surface area (Å²) >= 11 is 6.05. The van der Waals surface area contributed by atoms with Crippen molar-refractivity contribution in [1.29, 1.82) is 0 Å². The van der Waals surface area contributed by atoms with Crippen molar-refractivity contribution in [3.63, 3.8) is 0 Å². The lowest BCUT2D eigenvalue weighted by molar-refractivity contribution is -0.125. The Hall–Kier alpha value is -3.06. The maximum absolute atomic E-state index is 12.2. The molecule has 29 heavy (non-hydrogen) atoms. The van der Waals surface area contributed by atoms with Crippen LogP contribution in [-0.2, 0) is 14.4 Å². The summed E-state index contributed by atoms with van der Waals surface area (Å²) < 4.78 is 5.50. The number of amides is 3. The molecule has 152 valence electrons. The van der Waals surface area contributed by atoms with E-state index in [0.717, 1.165) is 5.56 Å². The lowest BCUT2D eigenvalue weighted by atomic mass is 10.1. The van der Waals surface area contributed by atoms with Crippen LogP contribution in [-0.4, -0.2) is 37.9 Å². The zero-order valence-electron chi connectivity index (χ0n) is 16.2. The Morgan fingerprint density at radius 2 is 1.93 bits per heavy atom. The number of rotatable bonds is 6. The molecule has 8 heteroatoms. The minimum absolute atomic E-state index is 0.0941. The number of carbonyl (C=O) groups is 3. The van der Waals surface area contributed by atoms with Gasteiger partial charge in [-0.05, 0) is 48.9 Å². The van der Waals surface area contributed by atoms with Crippen molar-refractivity contribution >= 4 is 40.7 Å². The molecule has 0 spiro atoms.